The Morgan fingerprint density at radius 1 is 1.25 bits per heavy atom. The summed E-state index contributed by atoms with van der Waals surface area (Å²) < 4.78 is 5.78. The molecule has 2 aliphatic heterocycles. The molecule has 2 fully saturated rings. The van der Waals surface area contributed by atoms with Crippen molar-refractivity contribution in [2.45, 2.75) is 31.8 Å². The minimum Gasteiger partial charge on any atom is -0.473 e. The minimum absolute atomic E-state index is 0.0588. The van der Waals surface area contributed by atoms with Crippen LogP contribution in [0.4, 0.5) is 0 Å². The highest BCUT2D eigenvalue weighted by Crippen LogP contribution is 2.24. The van der Waals surface area contributed by atoms with Crippen LogP contribution in [0.15, 0.2) is 18.3 Å². The average Bonchev–Trinajstić information content (AvgIpc) is 2.89. The Labute approximate surface area is 144 Å². The van der Waals surface area contributed by atoms with Crippen LogP contribution in [-0.4, -0.2) is 58.2 Å². The lowest BCUT2D eigenvalue weighted by atomic mass is 10.1. The molecule has 24 heavy (non-hydrogen) atoms. The maximum atomic E-state index is 12.3. The first-order valence-corrected chi connectivity index (χ1v) is 8.30. The van der Waals surface area contributed by atoms with E-state index in [1.54, 1.807) is 23.2 Å². The van der Waals surface area contributed by atoms with Crippen molar-refractivity contribution >= 4 is 29.3 Å². The quantitative estimate of drug-likeness (QED) is 0.763. The summed E-state index contributed by atoms with van der Waals surface area (Å²) in [5, 5.41) is 0.460. The predicted octanol–water partition coefficient (Wildman–Crippen LogP) is 1.25. The van der Waals surface area contributed by atoms with E-state index < -0.39 is 0 Å². The second kappa shape index (κ2) is 7.17. The standard InChI is InChI=1S/C16H18ClN3O4/c17-12-2-1-7-18-16(12)24-11-5-8-19(9-6-11)15(23)10-20-13(21)3-4-14(20)22/h1-2,7,11H,3-6,8-10H2. The Bertz CT molecular complexity index is 642. The number of imide groups is 1. The topological polar surface area (TPSA) is 79.8 Å². The average molecular weight is 352 g/mol. The zero-order valence-electron chi connectivity index (χ0n) is 13.1. The molecule has 0 unspecified atom stereocenters. The summed E-state index contributed by atoms with van der Waals surface area (Å²) in [6, 6.07) is 3.45. The lowest BCUT2D eigenvalue weighted by Gasteiger charge is -2.32. The molecule has 0 aromatic carbocycles. The van der Waals surface area contributed by atoms with Crippen LogP contribution in [0.2, 0.25) is 5.02 Å². The van der Waals surface area contributed by atoms with Crippen molar-refractivity contribution in [1.82, 2.24) is 14.8 Å². The lowest BCUT2D eigenvalue weighted by molar-refractivity contribution is -0.146. The molecule has 7 nitrogen and oxygen atoms in total. The summed E-state index contributed by atoms with van der Waals surface area (Å²) >= 11 is 6.02. The summed E-state index contributed by atoms with van der Waals surface area (Å²) in [6.07, 6.45) is 3.27. The van der Waals surface area contributed by atoms with Gasteiger partial charge in [-0.05, 0) is 12.1 Å². The van der Waals surface area contributed by atoms with E-state index >= 15 is 0 Å². The highest BCUT2D eigenvalue weighted by atomic mass is 35.5. The number of aromatic nitrogens is 1. The molecule has 2 aliphatic rings. The van der Waals surface area contributed by atoms with E-state index in [2.05, 4.69) is 4.98 Å². The van der Waals surface area contributed by atoms with Gasteiger partial charge >= 0.3 is 0 Å². The van der Waals surface area contributed by atoms with Crippen molar-refractivity contribution in [1.29, 1.82) is 0 Å². The van der Waals surface area contributed by atoms with Gasteiger partial charge in [0.2, 0.25) is 23.6 Å². The highest BCUT2D eigenvalue weighted by Gasteiger charge is 2.33. The van der Waals surface area contributed by atoms with E-state index in [1.807, 2.05) is 0 Å². The molecule has 3 amide bonds. The van der Waals surface area contributed by atoms with Gasteiger partial charge in [-0.2, -0.15) is 0 Å². The zero-order valence-corrected chi connectivity index (χ0v) is 13.9. The molecule has 0 saturated carbocycles. The number of rotatable bonds is 4. The smallest absolute Gasteiger partial charge is 0.242 e. The summed E-state index contributed by atoms with van der Waals surface area (Å²) in [6.45, 7) is 0.879. The summed E-state index contributed by atoms with van der Waals surface area (Å²) in [4.78, 5) is 42.3. The number of hydrogen-bond acceptors (Lipinski definition) is 5. The van der Waals surface area contributed by atoms with E-state index in [0.717, 1.165) is 4.90 Å². The van der Waals surface area contributed by atoms with Crippen LogP contribution in [-0.2, 0) is 14.4 Å². The first kappa shape index (κ1) is 16.7. The number of carbonyl (C=O) groups is 3. The van der Waals surface area contributed by atoms with E-state index in [4.69, 9.17) is 16.3 Å². The second-order valence-electron chi connectivity index (χ2n) is 5.86. The molecule has 1 aromatic heterocycles. The molecule has 8 heteroatoms. The van der Waals surface area contributed by atoms with Crippen LogP contribution in [0.25, 0.3) is 0 Å². The van der Waals surface area contributed by atoms with Crippen molar-refractivity contribution in [2.75, 3.05) is 19.6 Å². The Hall–Kier alpha value is -2.15. The molecule has 0 spiro atoms. The van der Waals surface area contributed by atoms with Gasteiger partial charge in [-0.25, -0.2) is 4.98 Å². The third kappa shape index (κ3) is 3.67. The van der Waals surface area contributed by atoms with E-state index in [0.29, 0.717) is 36.8 Å². The molecule has 1 aromatic rings. The fourth-order valence-corrected chi connectivity index (χ4v) is 3.04. The van der Waals surface area contributed by atoms with Gasteiger partial charge in [-0.15, -0.1) is 0 Å². The first-order valence-electron chi connectivity index (χ1n) is 7.92. The number of piperidine rings is 1. The number of pyridine rings is 1. The SMILES string of the molecule is O=C(CN1C(=O)CCC1=O)N1CCC(Oc2ncccc2Cl)CC1. The number of carbonyl (C=O) groups excluding carboxylic acids is 3. The lowest BCUT2D eigenvalue weighted by Crippen LogP contribution is -2.47. The van der Waals surface area contributed by atoms with Gasteiger partial charge in [-0.1, -0.05) is 11.6 Å². The molecule has 0 bridgehead atoms. The molecule has 2 saturated heterocycles. The summed E-state index contributed by atoms with van der Waals surface area (Å²) in [7, 11) is 0. The van der Waals surface area contributed by atoms with Crippen molar-refractivity contribution in [2.24, 2.45) is 0 Å². The number of halogens is 1. The van der Waals surface area contributed by atoms with Crippen LogP contribution in [0.3, 0.4) is 0 Å². The second-order valence-corrected chi connectivity index (χ2v) is 6.27. The molecule has 3 rings (SSSR count). The van der Waals surface area contributed by atoms with Gasteiger partial charge in [0, 0.05) is 45.0 Å². The normalized spacial score (nSPS) is 19.0. The van der Waals surface area contributed by atoms with E-state index in [-0.39, 0.29) is 43.2 Å². The van der Waals surface area contributed by atoms with Crippen molar-refractivity contribution in [3.63, 3.8) is 0 Å². The van der Waals surface area contributed by atoms with Crippen LogP contribution < -0.4 is 4.74 Å². The Kier molecular flexibility index (Phi) is 4.99. The van der Waals surface area contributed by atoms with Gasteiger partial charge in [0.15, 0.2) is 0 Å². The largest absolute Gasteiger partial charge is 0.473 e. The monoisotopic (exact) mass is 351 g/mol. The fourth-order valence-electron chi connectivity index (χ4n) is 2.87. The van der Waals surface area contributed by atoms with E-state index in [9.17, 15) is 14.4 Å². The van der Waals surface area contributed by atoms with Crippen LogP contribution in [0.5, 0.6) is 5.88 Å². The fraction of sp³-hybridized carbons (Fsp3) is 0.500. The van der Waals surface area contributed by atoms with Gasteiger partial charge in [0.1, 0.15) is 17.7 Å². The molecule has 128 valence electrons. The predicted molar refractivity (Wildman–Crippen MR) is 85.4 cm³/mol. The maximum absolute atomic E-state index is 12.3. The van der Waals surface area contributed by atoms with Gasteiger partial charge in [-0.3, -0.25) is 19.3 Å². The van der Waals surface area contributed by atoms with Crippen molar-refractivity contribution < 1.29 is 19.1 Å². The van der Waals surface area contributed by atoms with Gasteiger partial charge in [0.25, 0.3) is 0 Å². The summed E-state index contributed by atoms with van der Waals surface area (Å²) in [5.74, 6) is -0.335. The number of hydrogen-bond donors (Lipinski definition) is 0. The Balaban J connectivity index is 1.50. The Morgan fingerprint density at radius 3 is 2.54 bits per heavy atom. The number of ether oxygens (including phenoxy) is 1. The molecule has 3 heterocycles. The first-order chi connectivity index (χ1) is 11.5. The molecule has 0 N–H and O–H groups in total. The molecular weight excluding hydrogens is 334 g/mol. The Morgan fingerprint density at radius 2 is 1.92 bits per heavy atom. The number of amides is 3. The maximum Gasteiger partial charge on any atom is 0.242 e. The molecule has 0 aliphatic carbocycles. The molecule has 0 atom stereocenters. The van der Waals surface area contributed by atoms with Gasteiger partial charge in [0.05, 0.1) is 0 Å². The number of likely N-dealkylation sites (tertiary alicyclic amines) is 2. The van der Waals surface area contributed by atoms with Crippen LogP contribution >= 0.6 is 11.6 Å². The van der Waals surface area contributed by atoms with Crippen molar-refractivity contribution in [3.05, 3.63) is 23.4 Å². The van der Waals surface area contributed by atoms with Crippen LogP contribution in [0, 0.1) is 0 Å². The number of nitrogens with zero attached hydrogens (tertiary/aromatic N) is 3. The zero-order chi connectivity index (χ0) is 17.1. The third-order valence-corrected chi connectivity index (χ3v) is 4.53. The van der Waals surface area contributed by atoms with E-state index in [1.165, 1.54) is 0 Å². The summed E-state index contributed by atoms with van der Waals surface area (Å²) in [5.41, 5.74) is 0. The van der Waals surface area contributed by atoms with Gasteiger partial charge < -0.3 is 9.64 Å². The highest BCUT2D eigenvalue weighted by molar-refractivity contribution is 6.31. The third-order valence-electron chi connectivity index (χ3n) is 4.25. The van der Waals surface area contributed by atoms with Crippen molar-refractivity contribution in [3.8, 4) is 5.88 Å². The molecular formula is C16H18ClN3O4. The molecule has 0 radical (unpaired) electrons. The minimum atomic E-state index is -0.267. The van der Waals surface area contributed by atoms with Crippen LogP contribution in [0.1, 0.15) is 25.7 Å².